The molecule has 0 fully saturated rings. The largest absolute Gasteiger partial charge is 0.480 e. The smallest absolute Gasteiger partial charge is 0.329 e. The number of fused-ring (bicyclic) bond motifs is 1. The van der Waals surface area contributed by atoms with Gasteiger partial charge in [0.05, 0.1) is 0 Å². The first kappa shape index (κ1) is 15.0. The van der Waals surface area contributed by atoms with Crippen molar-refractivity contribution in [1.82, 2.24) is 10.2 Å². The fourth-order valence-corrected chi connectivity index (χ4v) is 2.13. The van der Waals surface area contributed by atoms with E-state index in [2.05, 4.69) is 10.1 Å². The van der Waals surface area contributed by atoms with E-state index in [0.29, 0.717) is 13.1 Å². The molecule has 0 aromatic heterocycles. The number of imide groups is 1. The van der Waals surface area contributed by atoms with Gasteiger partial charge in [-0.15, -0.1) is 0 Å². The van der Waals surface area contributed by atoms with Gasteiger partial charge in [-0.2, -0.15) is 0 Å². The van der Waals surface area contributed by atoms with Crippen LogP contribution in [0.4, 0.5) is 4.79 Å². The Morgan fingerprint density at radius 1 is 1.19 bits per heavy atom. The minimum absolute atomic E-state index is 0.450. The molecule has 7 heteroatoms. The number of carbonyl (C=O) groups is 3. The third kappa shape index (κ3) is 4.28. The second-order valence-electron chi connectivity index (χ2n) is 4.68. The maximum atomic E-state index is 11.9. The predicted octanol–water partition coefficient (Wildman–Crippen LogP) is 0.382. The maximum absolute atomic E-state index is 11.9. The number of amides is 3. The minimum atomic E-state index is -1.17. The zero-order valence-corrected chi connectivity index (χ0v) is 11.4. The van der Waals surface area contributed by atoms with E-state index < -0.39 is 31.1 Å². The number of carboxylic acids is 1. The summed E-state index contributed by atoms with van der Waals surface area (Å²) in [6.45, 7) is -0.0431. The van der Waals surface area contributed by atoms with Gasteiger partial charge in [-0.25, -0.2) is 9.59 Å². The first-order valence-corrected chi connectivity index (χ1v) is 6.51. The van der Waals surface area contributed by atoms with Gasteiger partial charge in [-0.05, 0) is 17.5 Å². The molecule has 0 atom stereocenters. The highest BCUT2D eigenvalue weighted by atomic mass is 16.5. The summed E-state index contributed by atoms with van der Waals surface area (Å²) in [5, 5.41) is 10.6. The van der Waals surface area contributed by atoms with Crippen molar-refractivity contribution >= 4 is 17.9 Å². The number of hydrogen-bond donors (Lipinski definition) is 2. The van der Waals surface area contributed by atoms with E-state index in [-0.39, 0.29) is 0 Å². The van der Waals surface area contributed by atoms with E-state index >= 15 is 0 Å². The molecule has 21 heavy (non-hydrogen) atoms. The summed E-state index contributed by atoms with van der Waals surface area (Å²) >= 11 is 0. The van der Waals surface area contributed by atoms with Crippen molar-refractivity contribution in [3.8, 4) is 0 Å². The average molecular weight is 292 g/mol. The van der Waals surface area contributed by atoms with Gasteiger partial charge in [-0.1, -0.05) is 24.3 Å². The van der Waals surface area contributed by atoms with Crippen molar-refractivity contribution in [2.45, 2.75) is 13.0 Å². The summed E-state index contributed by atoms with van der Waals surface area (Å²) in [6, 6.07) is 7.35. The Balaban J connectivity index is 1.82. The monoisotopic (exact) mass is 292 g/mol. The number of rotatable bonds is 4. The van der Waals surface area contributed by atoms with E-state index in [4.69, 9.17) is 5.11 Å². The Bertz CT molecular complexity index is 558. The van der Waals surface area contributed by atoms with E-state index in [1.165, 1.54) is 10.5 Å². The highest BCUT2D eigenvalue weighted by Crippen LogP contribution is 2.18. The minimum Gasteiger partial charge on any atom is -0.480 e. The molecular formula is C14H16N2O5. The average Bonchev–Trinajstić information content (AvgIpc) is 2.46. The number of benzene rings is 1. The quantitative estimate of drug-likeness (QED) is 0.836. The Morgan fingerprint density at radius 3 is 2.62 bits per heavy atom. The van der Waals surface area contributed by atoms with Crippen LogP contribution in [0.3, 0.4) is 0 Å². The van der Waals surface area contributed by atoms with Gasteiger partial charge in [0.25, 0.3) is 5.91 Å². The van der Waals surface area contributed by atoms with Crippen LogP contribution in [-0.4, -0.2) is 47.7 Å². The second-order valence-corrected chi connectivity index (χ2v) is 4.68. The van der Waals surface area contributed by atoms with Gasteiger partial charge in [0, 0.05) is 13.1 Å². The molecule has 1 aromatic carbocycles. The number of carboxylic acid groups (broad SMARTS) is 1. The number of hydrogen-bond acceptors (Lipinski definition) is 4. The number of carbonyl (C=O) groups excluding carboxylic acids is 2. The molecule has 0 unspecified atom stereocenters. The normalized spacial score (nSPS) is 13.4. The van der Waals surface area contributed by atoms with Crippen LogP contribution in [0.15, 0.2) is 24.3 Å². The summed E-state index contributed by atoms with van der Waals surface area (Å²) in [4.78, 5) is 35.2. The standard InChI is InChI=1S/C14H16N2O5/c17-12(8-21-9-13(18)19)15-14(20)16-6-5-10-3-1-2-4-11(10)7-16/h1-4H,5-9H2,(H,18,19)(H,15,17,20). The molecule has 0 bridgehead atoms. The third-order valence-electron chi connectivity index (χ3n) is 3.12. The predicted molar refractivity (Wildman–Crippen MR) is 72.5 cm³/mol. The van der Waals surface area contributed by atoms with Crippen LogP contribution in [0, 0.1) is 0 Å². The summed E-state index contributed by atoms with van der Waals surface area (Å²) in [7, 11) is 0. The molecule has 0 saturated heterocycles. The van der Waals surface area contributed by atoms with E-state index in [0.717, 1.165) is 12.0 Å². The molecule has 0 radical (unpaired) electrons. The lowest BCUT2D eigenvalue weighted by molar-refractivity contribution is -0.143. The van der Waals surface area contributed by atoms with Crippen LogP contribution < -0.4 is 5.32 Å². The van der Waals surface area contributed by atoms with Gasteiger partial charge in [-0.3, -0.25) is 10.1 Å². The van der Waals surface area contributed by atoms with Crippen LogP contribution in [0.25, 0.3) is 0 Å². The number of urea groups is 1. The summed E-state index contributed by atoms with van der Waals surface area (Å²) in [5.74, 6) is -1.82. The van der Waals surface area contributed by atoms with Crippen LogP contribution in [0.5, 0.6) is 0 Å². The topological polar surface area (TPSA) is 95.9 Å². The molecule has 1 aromatic rings. The fraction of sp³-hybridized carbons (Fsp3) is 0.357. The van der Waals surface area contributed by atoms with Crippen molar-refractivity contribution < 1.29 is 24.2 Å². The van der Waals surface area contributed by atoms with Crippen LogP contribution in [0.2, 0.25) is 0 Å². The van der Waals surface area contributed by atoms with Crippen molar-refractivity contribution in [3.63, 3.8) is 0 Å². The highest BCUT2D eigenvalue weighted by molar-refractivity contribution is 5.95. The molecule has 7 nitrogen and oxygen atoms in total. The molecule has 0 saturated carbocycles. The molecule has 1 aliphatic rings. The first-order chi connectivity index (χ1) is 10.1. The molecule has 2 rings (SSSR count). The van der Waals surface area contributed by atoms with Gasteiger partial charge in [0.2, 0.25) is 0 Å². The molecule has 1 aliphatic heterocycles. The molecule has 2 N–H and O–H groups in total. The van der Waals surface area contributed by atoms with Crippen LogP contribution >= 0.6 is 0 Å². The molecule has 0 aliphatic carbocycles. The van der Waals surface area contributed by atoms with Crippen molar-refractivity contribution in [3.05, 3.63) is 35.4 Å². The van der Waals surface area contributed by atoms with Gasteiger partial charge < -0.3 is 14.7 Å². The third-order valence-corrected chi connectivity index (χ3v) is 3.12. The highest BCUT2D eigenvalue weighted by Gasteiger charge is 2.21. The second kappa shape index (κ2) is 6.85. The van der Waals surface area contributed by atoms with Crippen molar-refractivity contribution in [2.24, 2.45) is 0 Å². The lowest BCUT2D eigenvalue weighted by Gasteiger charge is -2.28. The summed E-state index contributed by atoms with van der Waals surface area (Å²) in [6.07, 6.45) is 0.743. The lowest BCUT2D eigenvalue weighted by Crippen LogP contribution is -2.46. The van der Waals surface area contributed by atoms with Crippen molar-refractivity contribution in [1.29, 1.82) is 0 Å². The van der Waals surface area contributed by atoms with Gasteiger partial charge >= 0.3 is 12.0 Å². The number of aliphatic carboxylic acids is 1. The maximum Gasteiger partial charge on any atom is 0.329 e. The van der Waals surface area contributed by atoms with Crippen LogP contribution in [0.1, 0.15) is 11.1 Å². The SMILES string of the molecule is O=C(O)COCC(=O)NC(=O)N1CCc2ccccc2C1. The molecule has 112 valence electrons. The van der Waals surface area contributed by atoms with Gasteiger partial charge in [0.1, 0.15) is 13.2 Å². The van der Waals surface area contributed by atoms with Crippen LogP contribution in [-0.2, 0) is 27.3 Å². The molecular weight excluding hydrogens is 276 g/mol. The zero-order chi connectivity index (χ0) is 15.2. The fourth-order valence-electron chi connectivity index (χ4n) is 2.13. The van der Waals surface area contributed by atoms with E-state index in [1.54, 1.807) is 0 Å². The van der Waals surface area contributed by atoms with Gasteiger partial charge in [0.15, 0.2) is 0 Å². The Kier molecular flexibility index (Phi) is 4.89. The summed E-state index contributed by atoms with van der Waals surface area (Å²) in [5.41, 5.74) is 2.27. The van der Waals surface area contributed by atoms with E-state index in [1.807, 2.05) is 24.3 Å². The Labute approximate surface area is 121 Å². The zero-order valence-electron chi connectivity index (χ0n) is 11.4. The van der Waals surface area contributed by atoms with Crippen molar-refractivity contribution in [2.75, 3.05) is 19.8 Å². The molecule has 3 amide bonds. The molecule has 0 spiro atoms. The summed E-state index contributed by atoms with van der Waals surface area (Å²) < 4.78 is 4.62. The number of ether oxygens (including phenoxy) is 1. The lowest BCUT2D eigenvalue weighted by atomic mass is 10.0. The molecule has 1 heterocycles. The Hall–Kier alpha value is -2.41. The number of nitrogens with one attached hydrogen (secondary N) is 1. The number of nitrogens with zero attached hydrogens (tertiary/aromatic N) is 1. The Morgan fingerprint density at radius 2 is 1.90 bits per heavy atom. The van der Waals surface area contributed by atoms with E-state index in [9.17, 15) is 14.4 Å². The first-order valence-electron chi connectivity index (χ1n) is 6.51.